The Balaban J connectivity index is 1.41. The van der Waals surface area contributed by atoms with E-state index in [2.05, 4.69) is 25.9 Å². The van der Waals surface area contributed by atoms with Gasteiger partial charge < -0.3 is 20.4 Å². The second kappa shape index (κ2) is 10.5. The summed E-state index contributed by atoms with van der Waals surface area (Å²) in [5.41, 5.74) is 3.46. The van der Waals surface area contributed by atoms with Gasteiger partial charge in [0, 0.05) is 36.3 Å². The molecular weight excluding hydrogens is 402 g/mol. The van der Waals surface area contributed by atoms with Gasteiger partial charge in [-0.1, -0.05) is 29.3 Å². The molecule has 0 radical (unpaired) electrons. The van der Waals surface area contributed by atoms with Gasteiger partial charge in [0.2, 0.25) is 5.89 Å². The minimum atomic E-state index is -0.150. The Labute approximate surface area is 180 Å². The van der Waals surface area contributed by atoms with E-state index in [0.717, 1.165) is 11.3 Å². The number of aromatic nitrogens is 1. The third kappa shape index (κ3) is 6.09. The molecule has 156 valence electrons. The third-order valence-electron chi connectivity index (χ3n) is 4.32. The Morgan fingerprint density at radius 3 is 2.43 bits per heavy atom. The number of carbonyl (C=O) groups excluding carboxylic acids is 1. The molecular formula is C22H24ClN5O2. The average Bonchev–Trinajstić information content (AvgIpc) is 3.23. The highest BCUT2D eigenvalue weighted by atomic mass is 35.5. The number of hydrogen-bond donors (Lipinski definition) is 3. The molecule has 0 fully saturated rings. The Kier molecular flexibility index (Phi) is 7.45. The lowest BCUT2D eigenvalue weighted by Crippen LogP contribution is -2.41. The number of hydrogen-bond acceptors (Lipinski definition) is 4. The molecule has 0 unspecified atom stereocenters. The quantitative estimate of drug-likeness (QED) is 0.306. The summed E-state index contributed by atoms with van der Waals surface area (Å²) in [4.78, 5) is 20.7. The molecule has 3 aromatic rings. The standard InChI is InChI=1S/C22H24ClN5O2/c1-15-3-5-17(6-4-15)21-28-19(14-30-21)13-27-22(24-2)26-12-11-25-20(29)16-7-9-18(23)10-8-16/h3-10,14H,11-13H2,1-2H3,(H,25,29)(H2,24,26,27). The lowest BCUT2D eigenvalue weighted by molar-refractivity contribution is 0.0954. The number of halogens is 1. The predicted molar refractivity (Wildman–Crippen MR) is 119 cm³/mol. The molecule has 2 aromatic carbocycles. The van der Waals surface area contributed by atoms with Gasteiger partial charge in [-0.3, -0.25) is 9.79 Å². The monoisotopic (exact) mass is 425 g/mol. The van der Waals surface area contributed by atoms with Gasteiger partial charge >= 0.3 is 0 Å². The molecule has 0 aliphatic heterocycles. The number of guanidine groups is 1. The predicted octanol–water partition coefficient (Wildman–Crippen LogP) is 3.40. The van der Waals surface area contributed by atoms with Crippen molar-refractivity contribution in [2.24, 2.45) is 4.99 Å². The van der Waals surface area contributed by atoms with E-state index in [0.29, 0.717) is 42.1 Å². The molecule has 0 bridgehead atoms. The fraction of sp³-hybridized carbons (Fsp3) is 0.227. The van der Waals surface area contributed by atoms with Crippen molar-refractivity contribution >= 4 is 23.5 Å². The summed E-state index contributed by atoms with van der Waals surface area (Å²) < 4.78 is 5.56. The zero-order chi connectivity index (χ0) is 21.3. The lowest BCUT2D eigenvalue weighted by atomic mass is 10.1. The molecule has 1 heterocycles. The van der Waals surface area contributed by atoms with Crippen LogP contribution in [0.15, 0.2) is 64.2 Å². The number of nitrogens with one attached hydrogen (secondary N) is 3. The molecule has 8 heteroatoms. The van der Waals surface area contributed by atoms with Gasteiger partial charge in [-0.25, -0.2) is 4.98 Å². The first-order valence-electron chi connectivity index (χ1n) is 9.55. The van der Waals surface area contributed by atoms with Crippen LogP contribution in [0.1, 0.15) is 21.6 Å². The smallest absolute Gasteiger partial charge is 0.251 e. The van der Waals surface area contributed by atoms with Crippen molar-refractivity contribution in [2.75, 3.05) is 20.1 Å². The van der Waals surface area contributed by atoms with E-state index in [4.69, 9.17) is 16.0 Å². The van der Waals surface area contributed by atoms with Crippen LogP contribution >= 0.6 is 11.6 Å². The molecule has 30 heavy (non-hydrogen) atoms. The van der Waals surface area contributed by atoms with Crippen LogP contribution in [-0.4, -0.2) is 37.0 Å². The summed E-state index contributed by atoms with van der Waals surface area (Å²) in [6.45, 7) is 3.47. The number of oxazole rings is 1. The van der Waals surface area contributed by atoms with Gasteiger partial charge in [0.15, 0.2) is 5.96 Å². The second-order valence-electron chi connectivity index (χ2n) is 6.63. The van der Waals surface area contributed by atoms with Gasteiger partial charge in [0.05, 0.1) is 12.2 Å². The number of rotatable bonds is 7. The van der Waals surface area contributed by atoms with Crippen LogP contribution in [0.5, 0.6) is 0 Å². The first kappa shape index (κ1) is 21.4. The van der Waals surface area contributed by atoms with Gasteiger partial charge in [-0.15, -0.1) is 0 Å². The number of nitrogens with zero attached hydrogens (tertiary/aromatic N) is 2. The number of aryl methyl sites for hydroxylation is 1. The van der Waals surface area contributed by atoms with Gasteiger partial charge in [-0.2, -0.15) is 0 Å². The molecule has 1 amide bonds. The van der Waals surface area contributed by atoms with Crippen molar-refractivity contribution in [3.63, 3.8) is 0 Å². The average molecular weight is 426 g/mol. The Hall–Kier alpha value is -3.32. The van der Waals surface area contributed by atoms with Crippen LogP contribution in [0.4, 0.5) is 0 Å². The maximum absolute atomic E-state index is 12.1. The van der Waals surface area contributed by atoms with Crippen LogP contribution in [0.2, 0.25) is 5.02 Å². The van der Waals surface area contributed by atoms with Crippen molar-refractivity contribution in [1.82, 2.24) is 20.9 Å². The molecule has 0 atom stereocenters. The van der Waals surface area contributed by atoms with E-state index >= 15 is 0 Å². The molecule has 0 aliphatic rings. The van der Waals surface area contributed by atoms with Gasteiger partial charge in [0.1, 0.15) is 6.26 Å². The first-order valence-corrected chi connectivity index (χ1v) is 9.92. The minimum Gasteiger partial charge on any atom is -0.444 e. The topological polar surface area (TPSA) is 91.5 Å². The van der Waals surface area contributed by atoms with Crippen molar-refractivity contribution in [2.45, 2.75) is 13.5 Å². The molecule has 1 aromatic heterocycles. The largest absolute Gasteiger partial charge is 0.444 e. The van der Waals surface area contributed by atoms with Crippen molar-refractivity contribution < 1.29 is 9.21 Å². The van der Waals surface area contributed by atoms with E-state index in [-0.39, 0.29) is 5.91 Å². The Bertz CT molecular complexity index is 997. The van der Waals surface area contributed by atoms with E-state index in [9.17, 15) is 4.79 Å². The summed E-state index contributed by atoms with van der Waals surface area (Å²) in [7, 11) is 1.68. The number of benzene rings is 2. The van der Waals surface area contributed by atoms with E-state index < -0.39 is 0 Å². The summed E-state index contributed by atoms with van der Waals surface area (Å²) in [5.74, 6) is 1.04. The Morgan fingerprint density at radius 1 is 1.03 bits per heavy atom. The van der Waals surface area contributed by atoms with Gasteiger partial charge in [0.25, 0.3) is 5.91 Å². The minimum absolute atomic E-state index is 0.150. The highest BCUT2D eigenvalue weighted by molar-refractivity contribution is 6.30. The molecule has 7 nitrogen and oxygen atoms in total. The third-order valence-corrected chi connectivity index (χ3v) is 4.57. The maximum atomic E-state index is 12.1. The van der Waals surface area contributed by atoms with E-state index in [1.165, 1.54) is 5.56 Å². The second-order valence-corrected chi connectivity index (χ2v) is 7.06. The van der Waals surface area contributed by atoms with Crippen molar-refractivity contribution in [1.29, 1.82) is 0 Å². The van der Waals surface area contributed by atoms with Crippen LogP contribution in [-0.2, 0) is 6.54 Å². The summed E-state index contributed by atoms with van der Waals surface area (Å²) in [6.07, 6.45) is 1.63. The summed E-state index contributed by atoms with van der Waals surface area (Å²) in [5, 5.41) is 9.76. The van der Waals surface area contributed by atoms with Crippen LogP contribution in [0.3, 0.4) is 0 Å². The van der Waals surface area contributed by atoms with E-state index in [1.807, 2.05) is 31.2 Å². The van der Waals surface area contributed by atoms with Crippen LogP contribution in [0, 0.1) is 6.92 Å². The van der Waals surface area contributed by atoms with Gasteiger partial charge in [-0.05, 0) is 43.3 Å². The van der Waals surface area contributed by atoms with Crippen LogP contribution in [0.25, 0.3) is 11.5 Å². The molecule has 0 aliphatic carbocycles. The van der Waals surface area contributed by atoms with Crippen molar-refractivity contribution in [3.8, 4) is 11.5 Å². The molecule has 0 spiro atoms. The Morgan fingerprint density at radius 2 is 1.73 bits per heavy atom. The maximum Gasteiger partial charge on any atom is 0.251 e. The number of carbonyl (C=O) groups is 1. The molecule has 3 N–H and O–H groups in total. The molecule has 3 rings (SSSR count). The van der Waals surface area contributed by atoms with Crippen LogP contribution < -0.4 is 16.0 Å². The fourth-order valence-corrected chi connectivity index (χ4v) is 2.80. The van der Waals surface area contributed by atoms with E-state index in [1.54, 1.807) is 37.6 Å². The molecule has 0 saturated carbocycles. The highest BCUT2D eigenvalue weighted by Gasteiger charge is 2.08. The normalized spacial score (nSPS) is 11.2. The molecule has 0 saturated heterocycles. The fourth-order valence-electron chi connectivity index (χ4n) is 2.67. The first-order chi connectivity index (χ1) is 14.5. The zero-order valence-electron chi connectivity index (χ0n) is 16.9. The number of aliphatic imine (C=N–C) groups is 1. The van der Waals surface area contributed by atoms with Crippen molar-refractivity contribution in [3.05, 3.63) is 76.6 Å². The summed E-state index contributed by atoms with van der Waals surface area (Å²) >= 11 is 5.83. The highest BCUT2D eigenvalue weighted by Crippen LogP contribution is 2.19. The SMILES string of the molecule is CN=C(NCCNC(=O)c1ccc(Cl)cc1)NCc1coc(-c2ccc(C)cc2)n1. The summed E-state index contributed by atoms with van der Waals surface area (Å²) in [6, 6.07) is 14.8. The lowest BCUT2D eigenvalue weighted by Gasteiger charge is -2.11. The zero-order valence-corrected chi connectivity index (χ0v) is 17.7. The number of amides is 1.